The number of thioether (sulfide) groups is 1. The van der Waals surface area contributed by atoms with Gasteiger partial charge in [0.2, 0.25) is 11.8 Å². The number of hydrogen-bond acceptors (Lipinski definition) is 7. The van der Waals surface area contributed by atoms with Gasteiger partial charge in [-0.1, -0.05) is 62.2 Å². The van der Waals surface area contributed by atoms with Crippen LogP contribution < -0.4 is 19.8 Å². The first kappa shape index (κ1) is 28.0. The van der Waals surface area contributed by atoms with Crippen molar-refractivity contribution in [3.8, 4) is 5.75 Å². The topological polar surface area (TPSA) is 109 Å². The number of aromatic nitrogens is 1. The Morgan fingerprint density at radius 1 is 0.976 bits per heavy atom. The Hall–Kier alpha value is -3.09. The van der Waals surface area contributed by atoms with E-state index in [0.717, 1.165) is 15.8 Å². The largest absolute Gasteiger partial charge is 0.483 e. The number of imide groups is 1. The van der Waals surface area contributed by atoms with E-state index in [2.05, 4.69) is 26.2 Å². The van der Waals surface area contributed by atoms with Gasteiger partial charge in [-0.3, -0.25) is 19.2 Å². The molecule has 13 heteroatoms. The SMILES string of the molecule is O=C(COc1ccc(Cl)cc1[C@@H]1c2sc(=O)[nH]c2S[C@H]2C(=O)N(c3ccc(Br)cc3)C(=O)[C@@H]12)Nc1ccc(Cl)cc1. The third-order valence-electron chi connectivity index (χ3n) is 6.70. The summed E-state index contributed by atoms with van der Waals surface area (Å²) in [5, 5.41) is 3.40. The van der Waals surface area contributed by atoms with Gasteiger partial charge in [-0.25, -0.2) is 4.90 Å². The van der Waals surface area contributed by atoms with Gasteiger partial charge in [-0.05, 0) is 66.7 Å². The van der Waals surface area contributed by atoms with E-state index in [0.29, 0.717) is 42.6 Å². The predicted molar refractivity (Wildman–Crippen MR) is 164 cm³/mol. The first-order valence-corrected chi connectivity index (χ1v) is 15.4. The average molecular weight is 691 g/mol. The molecule has 8 nitrogen and oxygen atoms in total. The minimum Gasteiger partial charge on any atom is -0.483 e. The highest BCUT2D eigenvalue weighted by Crippen LogP contribution is 2.54. The summed E-state index contributed by atoms with van der Waals surface area (Å²) in [5.74, 6) is -2.42. The molecule has 1 aromatic heterocycles. The second-order valence-electron chi connectivity index (χ2n) is 9.26. The summed E-state index contributed by atoms with van der Waals surface area (Å²) in [5.41, 5.74) is 1.51. The van der Waals surface area contributed by atoms with Crippen molar-refractivity contribution in [3.63, 3.8) is 0 Å². The summed E-state index contributed by atoms with van der Waals surface area (Å²) in [7, 11) is 0. The Morgan fingerprint density at radius 3 is 2.41 bits per heavy atom. The van der Waals surface area contributed by atoms with Gasteiger partial charge in [0, 0.05) is 36.6 Å². The molecule has 0 spiro atoms. The van der Waals surface area contributed by atoms with Crippen LogP contribution in [0.2, 0.25) is 10.0 Å². The molecular weight excluding hydrogens is 673 g/mol. The molecule has 41 heavy (non-hydrogen) atoms. The lowest BCUT2D eigenvalue weighted by Crippen LogP contribution is -2.32. The number of ether oxygens (including phenoxy) is 1. The summed E-state index contributed by atoms with van der Waals surface area (Å²) in [6, 6.07) is 18.4. The molecule has 3 aromatic carbocycles. The van der Waals surface area contributed by atoms with Crippen LogP contribution in [0.15, 0.2) is 81.0 Å². The summed E-state index contributed by atoms with van der Waals surface area (Å²) in [6.07, 6.45) is 0. The van der Waals surface area contributed by atoms with E-state index in [-0.39, 0.29) is 17.4 Å². The van der Waals surface area contributed by atoms with E-state index >= 15 is 0 Å². The van der Waals surface area contributed by atoms with Crippen LogP contribution in [0.1, 0.15) is 16.4 Å². The second kappa shape index (κ2) is 11.3. The fourth-order valence-electron chi connectivity index (χ4n) is 4.96. The van der Waals surface area contributed by atoms with Gasteiger partial charge in [0.05, 0.1) is 16.6 Å². The molecule has 2 N–H and O–H groups in total. The minimum absolute atomic E-state index is 0.302. The van der Waals surface area contributed by atoms with Crippen LogP contribution >= 0.6 is 62.2 Å². The fraction of sp³-hybridized carbons (Fsp3) is 0.143. The third-order valence-corrected chi connectivity index (χ3v) is 10.1. The van der Waals surface area contributed by atoms with Crippen molar-refractivity contribution in [3.05, 3.63) is 101 Å². The molecule has 208 valence electrons. The highest BCUT2D eigenvalue weighted by Gasteiger charge is 2.56. The number of rotatable bonds is 6. The molecule has 1 fully saturated rings. The van der Waals surface area contributed by atoms with Gasteiger partial charge in [0.15, 0.2) is 6.61 Å². The summed E-state index contributed by atoms with van der Waals surface area (Å²) >= 11 is 17.9. The maximum atomic E-state index is 14.0. The number of benzene rings is 3. The Balaban J connectivity index is 1.36. The van der Waals surface area contributed by atoms with E-state index in [4.69, 9.17) is 27.9 Å². The molecule has 2 aliphatic rings. The van der Waals surface area contributed by atoms with Crippen LogP contribution in [-0.2, 0) is 14.4 Å². The number of fused-ring (bicyclic) bond motifs is 2. The van der Waals surface area contributed by atoms with Gasteiger partial charge in [-0.2, -0.15) is 0 Å². The molecule has 3 atom stereocenters. The van der Waals surface area contributed by atoms with Crippen molar-refractivity contribution in [2.75, 3.05) is 16.8 Å². The van der Waals surface area contributed by atoms with Crippen LogP contribution in [-0.4, -0.2) is 34.6 Å². The molecular formula is C28H18BrCl2N3O5S2. The van der Waals surface area contributed by atoms with Crippen molar-refractivity contribution in [1.82, 2.24) is 4.98 Å². The number of carbonyl (C=O) groups excluding carboxylic acids is 3. The average Bonchev–Trinajstić information content (AvgIpc) is 3.44. The van der Waals surface area contributed by atoms with Crippen LogP contribution in [0.5, 0.6) is 5.75 Å². The molecule has 0 aliphatic carbocycles. The van der Waals surface area contributed by atoms with Gasteiger partial charge in [-0.15, -0.1) is 0 Å². The summed E-state index contributed by atoms with van der Waals surface area (Å²) in [6.45, 7) is -0.332. The summed E-state index contributed by atoms with van der Waals surface area (Å²) < 4.78 is 6.77. The van der Waals surface area contributed by atoms with Gasteiger partial charge in [0.25, 0.3) is 5.91 Å². The maximum absolute atomic E-state index is 14.0. The molecule has 6 rings (SSSR count). The number of nitrogens with zero attached hydrogens (tertiary/aromatic N) is 1. The van der Waals surface area contributed by atoms with E-state index in [1.54, 1.807) is 66.7 Å². The van der Waals surface area contributed by atoms with Crippen molar-refractivity contribution < 1.29 is 19.1 Å². The Labute approximate surface area is 260 Å². The lowest BCUT2D eigenvalue weighted by molar-refractivity contribution is -0.122. The van der Waals surface area contributed by atoms with Crippen LogP contribution in [0.25, 0.3) is 0 Å². The zero-order valence-electron chi connectivity index (χ0n) is 20.7. The Morgan fingerprint density at radius 2 is 1.68 bits per heavy atom. The first-order valence-electron chi connectivity index (χ1n) is 12.2. The summed E-state index contributed by atoms with van der Waals surface area (Å²) in [4.78, 5) is 57.1. The Bertz CT molecular complexity index is 1740. The van der Waals surface area contributed by atoms with Gasteiger partial charge < -0.3 is 15.0 Å². The van der Waals surface area contributed by atoms with E-state index in [9.17, 15) is 19.2 Å². The Kier molecular flexibility index (Phi) is 7.73. The van der Waals surface area contributed by atoms with Crippen LogP contribution in [0.3, 0.4) is 0 Å². The number of carbonyl (C=O) groups is 3. The first-order chi connectivity index (χ1) is 19.7. The van der Waals surface area contributed by atoms with E-state index in [1.807, 2.05) is 0 Å². The number of halogens is 3. The molecule has 0 saturated carbocycles. The number of aromatic amines is 1. The van der Waals surface area contributed by atoms with Gasteiger partial charge in [0.1, 0.15) is 11.0 Å². The number of thiazole rings is 1. The zero-order chi connectivity index (χ0) is 28.8. The number of hydrogen-bond donors (Lipinski definition) is 2. The minimum atomic E-state index is -0.834. The molecule has 2 aliphatic heterocycles. The third kappa shape index (κ3) is 5.44. The number of anilines is 2. The predicted octanol–water partition coefficient (Wildman–Crippen LogP) is 6.32. The van der Waals surface area contributed by atoms with Crippen LogP contribution in [0, 0.1) is 5.92 Å². The van der Waals surface area contributed by atoms with Crippen LogP contribution in [0.4, 0.5) is 11.4 Å². The monoisotopic (exact) mass is 689 g/mol. The second-order valence-corrected chi connectivity index (χ2v) is 13.2. The van der Waals surface area contributed by atoms with Crippen molar-refractivity contribution in [2.24, 2.45) is 5.92 Å². The molecule has 0 radical (unpaired) electrons. The molecule has 3 amide bonds. The molecule has 0 bridgehead atoms. The van der Waals surface area contributed by atoms with E-state index in [1.165, 1.54) is 16.7 Å². The number of H-pyrrole nitrogens is 1. The lowest BCUT2D eigenvalue weighted by atomic mass is 9.82. The standard InChI is InChI=1S/C28H18BrCl2N3O5S2/c29-13-1-8-17(9-2-13)34-26(36)22-21(23-25(33-28(38)41-23)40-24(22)27(34)37)18-11-15(31)5-10-19(18)39-12-20(35)32-16-6-3-14(30)4-7-16/h1-11,21-22,24H,12H2,(H,32,35)(H,33,38)/t21-,22-,24+/m0/s1. The smallest absolute Gasteiger partial charge is 0.305 e. The lowest BCUT2D eigenvalue weighted by Gasteiger charge is -2.31. The van der Waals surface area contributed by atoms with Gasteiger partial charge >= 0.3 is 4.87 Å². The number of amides is 3. The molecule has 4 aromatic rings. The quantitative estimate of drug-likeness (QED) is 0.229. The highest BCUT2D eigenvalue weighted by molar-refractivity contribution is 9.10. The number of nitrogens with one attached hydrogen (secondary N) is 2. The van der Waals surface area contributed by atoms with Crippen molar-refractivity contribution >= 4 is 91.3 Å². The van der Waals surface area contributed by atoms with E-state index < -0.39 is 28.9 Å². The molecule has 0 unspecified atom stereocenters. The zero-order valence-corrected chi connectivity index (χ0v) is 25.5. The normalized spacial score (nSPS) is 19.6. The highest BCUT2D eigenvalue weighted by atomic mass is 79.9. The molecule has 3 heterocycles. The fourth-order valence-corrected chi connectivity index (χ4v) is 8.04. The van der Waals surface area contributed by atoms with Crippen molar-refractivity contribution in [2.45, 2.75) is 16.2 Å². The maximum Gasteiger partial charge on any atom is 0.305 e. The molecule has 1 saturated heterocycles. The van der Waals surface area contributed by atoms with Crippen molar-refractivity contribution in [1.29, 1.82) is 0 Å².